The van der Waals surface area contributed by atoms with Crippen molar-refractivity contribution in [2.24, 2.45) is 17.8 Å². The average molecular weight is 993 g/mol. The quantitative estimate of drug-likeness (QED) is 0.0326. The van der Waals surface area contributed by atoms with Gasteiger partial charge in [-0.1, -0.05) is 169 Å². The Morgan fingerprint density at radius 2 is 0.662 bits per heavy atom. The van der Waals surface area contributed by atoms with Gasteiger partial charge in [0.25, 0.3) is 0 Å². The number of methoxy groups -OCH3 is 2. The molecule has 406 valence electrons. The average Bonchev–Trinajstić information content (AvgIpc) is 3.33. The summed E-state index contributed by atoms with van der Waals surface area (Å²) in [6.07, 6.45) is 34.7. The summed E-state index contributed by atoms with van der Waals surface area (Å²) < 4.78 is 65.1. The minimum absolute atomic E-state index is 0.00845. The number of carbonyl (C=O) groups excluding carboxylic acids is 2. The summed E-state index contributed by atoms with van der Waals surface area (Å²) in [7, 11) is -0.563. The van der Waals surface area contributed by atoms with Crippen LogP contribution in [0.25, 0.3) is 0 Å². The molecule has 0 N–H and O–H groups in total. The van der Waals surface area contributed by atoms with Crippen molar-refractivity contribution in [1.29, 1.82) is 0 Å². The first-order valence-electron chi connectivity index (χ1n) is 28.3. The molecule has 0 fully saturated rings. The summed E-state index contributed by atoms with van der Waals surface area (Å²) >= 11 is 0. The molecule has 0 amide bonds. The number of phosphoric acid groups is 1. The third-order valence-electron chi connectivity index (χ3n) is 12.7. The molecule has 12 nitrogen and oxygen atoms in total. The van der Waals surface area contributed by atoms with Crippen LogP contribution in [-0.4, -0.2) is 98.8 Å². The lowest BCUT2D eigenvalue weighted by Gasteiger charge is -2.21. The van der Waals surface area contributed by atoms with Crippen LogP contribution < -0.4 is 0 Å². The third kappa shape index (κ3) is 43.7. The van der Waals surface area contributed by atoms with Crippen LogP contribution in [0.1, 0.15) is 240 Å². The Kier molecular flexibility index (Phi) is 51.4. The molecule has 0 aliphatic rings. The fourth-order valence-corrected chi connectivity index (χ4v) is 9.49. The molecule has 0 spiro atoms. The van der Waals surface area contributed by atoms with E-state index in [0.29, 0.717) is 72.1 Å². The Balaban J connectivity index is 5.05. The van der Waals surface area contributed by atoms with E-state index in [0.717, 1.165) is 89.9 Å². The van der Waals surface area contributed by atoms with Gasteiger partial charge in [0.15, 0.2) is 0 Å². The molecule has 0 heterocycles. The Morgan fingerprint density at radius 3 is 1.03 bits per heavy atom. The first kappa shape index (κ1) is 66.9. The Hall–Kier alpha value is -1.11. The molecular weight excluding hydrogens is 884 g/mol. The maximum atomic E-state index is 14.0. The Morgan fingerprint density at radius 1 is 0.353 bits per heavy atom. The number of carbonyl (C=O) groups is 2. The topological polar surface area (TPSA) is 134 Å². The molecule has 0 saturated carbocycles. The number of phosphoric ester groups is 1. The highest BCUT2D eigenvalue weighted by Crippen LogP contribution is 2.50. The number of rotatable bonds is 56. The van der Waals surface area contributed by atoms with E-state index in [1.165, 1.54) is 103 Å². The predicted octanol–water partition coefficient (Wildman–Crippen LogP) is 15.4. The van der Waals surface area contributed by atoms with E-state index in [1.807, 2.05) is 0 Å². The van der Waals surface area contributed by atoms with Crippen molar-refractivity contribution in [3.05, 3.63) is 0 Å². The smallest absolute Gasteiger partial charge is 0.465 e. The van der Waals surface area contributed by atoms with Gasteiger partial charge in [0.05, 0.1) is 84.5 Å². The number of ether oxygens (including phenoxy) is 6. The van der Waals surface area contributed by atoms with Gasteiger partial charge >= 0.3 is 19.8 Å². The van der Waals surface area contributed by atoms with Gasteiger partial charge in [-0.05, 0) is 70.6 Å². The van der Waals surface area contributed by atoms with Gasteiger partial charge in [-0.15, -0.1) is 0 Å². The van der Waals surface area contributed by atoms with Crippen LogP contribution in [0.3, 0.4) is 0 Å². The fraction of sp³-hybridized carbons (Fsp3) is 0.964. The number of esters is 2. The monoisotopic (exact) mass is 993 g/mol. The minimum atomic E-state index is -3.84. The first-order chi connectivity index (χ1) is 33.3. The highest BCUT2D eigenvalue weighted by molar-refractivity contribution is 7.48. The van der Waals surface area contributed by atoms with Gasteiger partial charge in [0.2, 0.25) is 0 Å². The van der Waals surface area contributed by atoms with Crippen LogP contribution in [0.2, 0.25) is 0 Å². The molecule has 0 aliphatic carbocycles. The second-order valence-electron chi connectivity index (χ2n) is 19.1. The number of hydrogen-bond donors (Lipinski definition) is 0. The predicted molar refractivity (Wildman–Crippen MR) is 278 cm³/mol. The largest absolute Gasteiger partial charge is 0.474 e. The molecule has 0 bridgehead atoms. The van der Waals surface area contributed by atoms with E-state index >= 15 is 0 Å². The van der Waals surface area contributed by atoms with Crippen LogP contribution in [0.4, 0.5) is 0 Å². The summed E-state index contributed by atoms with van der Waals surface area (Å²) in [5.74, 6) is -0.0291. The minimum Gasteiger partial charge on any atom is -0.465 e. The van der Waals surface area contributed by atoms with Crippen LogP contribution in [0.5, 0.6) is 0 Å². The van der Waals surface area contributed by atoms with Gasteiger partial charge in [-0.25, -0.2) is 4.57 Å². The van der Waals surface area contributed by atoms with Gasteiger partial charge in [0, 0.05) is 20.1 Å². The maximum absolute atomic E-state index is 14.0. The van der Waals surface area contributed by atoms with E-state index in [-0.39, 0.29) is 49.5 Å². The second-order valence-corrected chi connectivity index (χ2v) is 20.8. The van der Waals surface area contributed by atoms with Crippen LogP contribution in [-0.2, 0) is 56.1 Å². The van der Waals surface area contributed by atoms with E-state index in [9.17, 15) is 14.2 Å². The molecule has 0 aromatic heterocycles. The molecular formula is C55H109O12P. The van der Waals surface area contributed by atoms with Crippen molar-refractivity contribution < 1.29 is 56.1 Å². The molecule has 0 aromatic carbocycles. The highest BCUT2D eigenvalue weighted by atomic mass is 31.2. The van der Waals surface area contributed by atoms with Crippen molar-refractivity contribution >= 4 is 19.8 Å². The van der Waals surface area contributed by atoms with Crippen molar-refractivity contribution in [3.63, 3.8) is 0 Å². The van der Waals surface area contributed by atoms with Gasteiger partial charge < -0.3 is 28.4 Å². The third-order valence-corrected chi connectivity index (χ3v) is 14.2. The van der Waals surface area contributed by atoms with Crippen molar-refractivity contribution in [2.75, 3.05) is 86.9 Å². The molecule has 2 atom stereocenters. The standard InChI is InChI=1S/C55H109O12P/c1-7-11-15-19-21-29-37-52(35-27-17-13-9-3)54(56)63-40-31-23-25-33-42-65-68(58,67-44-39-51(49-61-47-45-59-5)50-62-48-46-60-6)66-43-34-26-24-32-41-64-55(57)53(36-28-18-14-10-4)38-30-22-20-16-12-8-2/h51-53H,7-50H2,1-6H3. The van der Waals surface area contributed by atoms with Crippen molar-refractivity contribution in [3.8, 4) is 0 Å². The fourth-order valence-electron chi connectivity index (χ4n) is 8.23. The van der Waals surface area contributed by atoms with Gasteiger partial charge in [-0.2, -0.15) is 0 Å². The molecule has 68 heavy (non-hydrogen) atoms. The molecule has 13 heteroatoms. The van der Waals surface area contributed by atoms with Crippen molar-refractivity contribution in [1.82, 2.24) is 0 Å². The summed E-state index contributed by atoms with van der Waals surface area (Å²) in [5.41, 5.74) is 0. The summed E-state index contributed by atoms with van der Waals surface area (Å²) in [4.78, 5) is 26.2. The molecule has 0 aromatic rings. The number of unbranched alkanes of at least 4 members (excludes halogenated alkanes) is 22. The lowest BCUT2D eigenvalue weighted by Crippen LogP contribution is -2.21. The molecule has 2 unspecified atom stereocenters. The Bertz CT molecular complexity index is 1040. The zero-order chi connectivity index (χ0) is 49.9. The highest BCUT2D eigenvalue weighted by Gasteiger charge is 2.27. The van der Waals surface area contributed by atoms with E-state index in [2.05, 4.69) is 27.7 Å². The van der Waals surface area contributed by atoms with Gasteiger partial charge in [0.1, 0.15) is 0 Å². The van der Waals surface area contributed by atoms with Crippen molar-refractivity contribution in [2.45, 2.75) is 240 Å². The summed E-state index contributed by atoms with van der Waals surface area (Å²) in [6.45, 7) is 13.2. The van der Waals surface area contributed by atoms with Crippen LogP contribution >= 0.6 is 7.82 Å². The first-order valence-corrected chi connectivity index (χ1v) is 29.8. The van der Waals surface area contributed by atoms with Crippen LogP contribution in [0, 0.1) is 17.8 Å². The second kappa shape index (κ2) is 52.2. The number of hydrogen-bond acceptors (Lipinski definition) is 12. The molecule has 0 saturated heterocycles. The molecule has 0 rings (SSSR count). The van der Waals surface area contributed by atoms with Crippen LogP contribution in [0.15, 0.2) is 0 Å². The van der Waals surface area contributed by atoms with E-state index in [1.54, 1.807) is 14.2 Å². The lowest BCUT2D eigenvalue weighted by molar-refractivity contribution is -0.150. The molecule has 0 radical (unpaired) electrons. The maximum Gasteiger partial charge on any atom is 0.474 e. The SMILES string of the molecule is CCCCCCCCC(CCCCCC)C(=O)OCCCCCCOP(=O)(OCCCCCCOC(=O)C(CCCCCC)CCCCCCCC)OCCC(COCCOC)COCCOC. The van der Waals surface area contributed by atoms with E-state index in [4.69, 9.17) is 42.0 Å². The summed E-state index contributed by atoms with van der Waals surface area (Å²) in [6, 6.07) is 0. The molecule has 0 aliphatic heterocycles. The Labute approximate surface area is 418 Å². The summed E-state index contributed by atoms with van der Waals surface area (Å²) in [5, 5.41) is 0. The lowest BCUT2D eigenvalue weighted by atomic mass is 9.94. The van der Waals surface area contributed by atoms with E-state index < -0.39 is 7.82 Å². The zero-order valence-electron chi connectivity index (χ0n) is 45.2. The zero-order valence-corrected chi connectivity index (χ0v) is 46.1. The van der Waals surface area contributed by atoms with Gasteiger partial charge in [-0.3, -0.25) is 23.2 Å². The normalized spacial score (nSPS) is 13.5.